The van der Waals surface area contributed by atoms with Gasteiger partial charge in [-0.25, -0.2) is 0 Å². The zero-order valence-electron chi connectivity index (χ0n) is 18.8. The van der Waals surface area contributed by atoms with Crippen LogP contribution >= 0.6 is 11.3 Å². The van der Waals surface area contributed by atoms with Crippen molar-refractivity contribution in [3.8, 4) is 17.6 Å². The molecule has 0 saturated carbocycles. The Balaban J connectivity index is 1.43. The van der Waals surface area contributed by atoms with Gasteiger partial charge >= 0.3 is 0 Å². The van der Waals surface area contributed by atoms with Gasteiger partial charge in [0.2, 0.25) is 5.91 Å². The highest BCUT2D eigenvalue weighted by atomic mass is 32.1. The SMILES string of the molecule is COc1cc(C=CC(=O)Nc2sc3c(c2C#N)CCCC3)ccc1OCc1ccccc1C. The zero-order chi connectivity index (χ0) is 23.2. The Kier molecular flexibility index (Phi) is 7.11. The minimum Gasteiger partial charge on any atom is -0.493 e. The summed E-state index contributed by atoms with van der Waals surface area (Å²) in [5.74, 6) is 0.984. The Bertz CT molecular complexity index is 1240. The summed E-state index contributed by atoms with van der Waals surface area (Å²) in [7, 11) is 1.60. The second-order valence-electron chi connectivity index (χ2n) is 7.97. The monoisotopic (exact) mass is 458 g/mol. The van der Waals surface area contributed by atoms with Crippen molar-refractivity contribution in [2.75, 3.05) is 12.4 Å². The number of fused-ring (bicyclic) bond motifs is 1. The number of nitrogens with one attached hydrogen (secondary N) is 1. The van der Waals surface area contributed by atoms with Crippen molar-refractivity contribution in [2.45, 2.75) is 39.2 Å². The van der Waals surface area contributed by atoms with Gasteiger partial charge < -0.3 is 14.8 Å². The van der Waals surface area contributed by atoms with E-state index in [1.165, 1.54) is 27.9 Å². The quantitative estimate of drug-likeness (QED) is 0.438. The maximum absolute atomic E-state index is 12.5. The highest BCUT2D eigenvalue weighted by Crippen LogP contribution is 2.37. The molecule has 168 valence electrons. The number of hydrogen-bond acceptors (Lipinski definition) is 5. The van der Waals surface area contributed by atoms with Crippen LogP contribution in [0.3, 0.4) is 0 Å². The Morgan fingerprint density at radius 3 is 2.79 bits per heavy atom. The number of aryl methyl sites for hydroxylation is 2. The molecule has 0 bridgehead atoms. The largest absolute Gasteiger partial charge is 0.493 e. The maximum atomic E-state index is 12.5. The fourth-order valence-electron chi connectivity index (χ4n) is 3.93. The second-order valence-corrected chi connectivity index (χ2v) is 9.08. The second kappa shape index (κ2) is 10.4. The van der Waals surface area contributed by atoms with Crippen LogP contribution < -0.4 is 14.8 Å². The summed E-state index contributed by atoms with van der Waals surface area (Å²) in [4.78, 5) is 13.7. The van der Waals surface area contributed by atoms with Gasteiger partial charge in [0, 0.05) is 11.0 Å². The first kappa shape index (κ1) is 22.6. The number of rotatable bonds is 7. The molecule has 2 aromatic carbocycles. The molecule has 1 heterocycles. The zero-order valence-corrected chi connectivity index (χ0v) is 19.6. The van der Waals surface area contributed by atoms with E-state index in [0.29, 0.717) is 28.7 Å². The molecule has 4 rings (SSSR count). The van der Waals surface area contributed by atoms with Crippen molar-refractivity contribution in [3.63, 3.8) is 0 Å². The Morgan fingerprint density at radius 1 is 1.18 bits per heavy atom. The molecule has 1 aromatic heterocycles. The van der Waals surface area contributed by atoms with E-state index in [-0.39, 0.29) is 5.91 Å². The third kappa shape index (κ3) is 5.27. The van der Waals surface area contributed by atoms with E-state index in [9.17, 15) is 10.1 Å². The molecule has 6 heteroatoms. The van der Waals surface area contributed by atoms with Crippen molar-refractivity contribution in [3.05, 3.63) is 81.2 Å². The molecule has 1 N–H and O–H groups in total. The van der Waals surface area contributed by atoms with E-state index >= 15 is 0 Å². The van der Waals surface area contributed by atoms with Crippen LogP contribution in [0.4, 0.5) is 5.00 Å². The van der Waals surface area contributed by atoms with E-state index < -0.39 is 0 Å². The standard InChI is InChI=1S/C27H26N2O3S/c1-18-7-3-4-8-20(18)17-32-23-13-11-19(15-24(23)31-2)12-14-26(30)29-27-22(16-28)21-9-5-6-10-25(21)33-27/h3-4,7-8,11-15H,5-6,9-10,17H2,1-2H3,(H,29,30). The minimum absolute atomic E-state index is 0.260. The van der Waals surface area contributed by atoms with Gasteiger partial charge in [-0.1, -0.05) is 30.3 Å². The lowest BCUT2D eigenvalue weighted by atomic mass is 9.96. The first-order valence-corrected chi connectivity index (χ1v) is 11.8. The Hall–Kier alpha value is -3.56. The number of carbonyl (C=O) groups is 1. The summed E-state index contributed by atoms with van der Waals surface area (Å²) in [5, 5.41) is 13.1. The van der Waals surface area contributed by atoms with E-state index in [1.54, 1.807) is 13.2 Å². The summed E-state index contributed by atoms with van der Waals surface area (Å²) in [5.41, 5.74) is 4.84. The van der Waals surface area contributed by atoms with Gasteiger partial charge in [0.1, 0.15) is 17.7 Å². The van der Waals surface area contributed by atoms with Gasteiger partial charge in [-0.3, -0.25) is 4.79 Å². The highest BCUT2D eigenvalue weighted by Gasteiger charge is 2.21. The topological polar surface area (TPSA) is 71.3 Å². The van der Waals surface area contributed by atoms with Crippen molar-refractivity contribution in [1.82, 2.24) is 0 Å². The molecule has 1 amide bonds. The van der Waals surface area contributed by atoms with Crippen LogP contribution in [0, 0.1) is 18.3 Å². The van der Waals surface area contributed by atoms with Crippen LogP contribution in [0.2, 0.25) is 0 Å². The molecule has 1 aliphatic carbocycles. The van der Waals surface area contributed by atoms with Gasteiger partial charge in [-0.15, -0.1) is 11.3 Å². The van der Waals surface area contributed by atoms with Crippen LogP contribution in [0.15, 0.2) is 48.5 Å². The minimum atomic E-state index is -0.260. The molecule has 0 aliphatic heterocycles. The number of hydrogen-bond donors (Lipinski definition) is 1. The van der Waals surface area contributed by atoms with Crippen molar-refractivity contribution < 1.29 is 14.3 Å². The number of ether oxygens (including phenoxy) is 2. The van der Waals surface area contributed by atoms with Gasteiger partial charge in [0.25, 0.3) is 0 Å². The average molecular weight is 459 g/mol. The fourth-order valence-corrected chi connectivity index (χ4v) is 5.17. The van der Waals surface area contributed by atoms with E-state index in [4.69, 9.17) is 9.47 Å². The fraction of sp³-hybridized carbons (Fsp3) is 0.259. The van der Waals surface area contributed by atoms with Crippen LogP contribution in [-0.2, 0) is 24.2 Å². The van der Waals surface area contributed by atoms with Crippen LogP contribution in [0.5, 0.6) is 11.5 Å². The first-order valence-electron chi connectivity index (χ1n) is 11.0. The molecule has 0 saturated heterocycles. The molecule has 0 fully saturated rings. The van der Waals surface area contributed by atoms with Crippen LogP contribution in [-0.4, -0.2) is 13.0 Å². The Morgan fingerprint density at radius 2 is 2.00 bits per heavy atom. The molecule has 0 atom stereocenters. The third-order valence-electron chi connectivity index (χ3n) is 5.78. The summed E-state index contributed by atoms with van der Waals surface area (Å²) in [6.07, 6.45) is 7.33. The Labute approximate surface area is 198 Å². The van der Waals surface area contributed by atoms with Gasteiger partial charge in [-0.2, -0.15) is 5.26 Å². The van der Waals surface area contributed by atoms with Crippen LogP contribution in [0.25, 0.3) is 6.08 Å². The summed E-state index contributed by atoms with van der Waals surface area (Å²) in [6, 6.07) is 15.9. The van der Waals surface area contributed by atoms with E-state index in [2.05, 4.69) is 24.4 Å². The molecular weight excluding hydrogens is 432 g/mol. The molecule has 0 radical (unpaired) electrons. The third-order valence-corrected chi connectivity index (χ3v) is 6.99. The number of methoxy groups -OCH3 is 1. The molecular formula is C27H26N2O3S. The van der Waals surface area contributed by atoms with Crippen LogP contribution in [0.1, 0.15) is 45.5 Å². The number of anilines is 1. The number of benzene rings is 2. The predicted octanol–water partition coefficient (Wildman–Crippen LogP) is 6.05. The van der Waals surface area contributed by atoms with Gasteiger partial charge in [0.15, 0.2) is 11.5 Å². The molecule has 3 aromatic rings. The lowest BCUT2D eigenvalue weighted by Crippen LogP contribution is -2.08. The summed E-state index contributed by atoms with van der Waals surface area (Å²) >= 11 is 1.52. The number of thiophene rings is 1. The van der Waals surface area contributed by atoms with Gasteiger partial charge in [-0.05, 0) is 73.1 Å². The molecule has 5 nitrogen and oxygen atoms in total. The first-order chi connectivity index (χ1) is 16.1. The average Bonchev–Trinajstić information content (AvgIpc) is 3.19. The highest BCUT2D eigenvalue weighted by molar-refractivity contribution is 7.16. The molecule has 33 heavy (non-hydrogen) atoms. The smallest absolute Gasteiger partial charge is 0.249 e. The maximum Gasteiger partial charge on any atom is 0.249 e. The summed E-state index contributed by atoms with van der Waals surface area (Å²) in [6.45, 7) is 2.51. The lowest BCUT2D eigenvalue weighted by Gasteiger charge is -2.12. The number of nitrogens with zero attached hydrogens (tertiary/aromatic N) is 1. The number of nitriles is 1. The number of amides is 1. The van der Waals surface area contributed by atoms with E-state index in [0.717, 1.165) is 42.4 Å². The van der Waals surface area contributed by atoms with Gasteiger partial charge in [0.05, 0.1) is 12.7 Å². The van der Waals surface area contributed by atoms with Crippen molar-refractivity contribution in [1.29, 1.82) is 5.26 Å². The van der Waals surface area contributed by atoms with E-state index in [1.807, 2.05) is 36.4 Å². The number of carbonyl (C=O) groups excluding carboxylic acids is 1. The normalized spacial score (nSPS) is 12.8. The summed E-state index contributed by atoms with van der Waals surface area (Å²) < 4.78 is 11.5. The molecule has 1 aliphatic rings. The lowest BCUT2D eigenvalue weighted by molar-refractivity contribution is -0.111. The molecule has 0 spiro atoms. The molecule has 0 unspecified atom stereocenters. The van der Waals surface area contributed by atoms with Crippen molar-refractivity contribution in [2.24, 2.45) is 0 Å². The van der Waals surface area contributed by atoms with Crippen molar-refractivity contribution >= 4 is 28.3 Å². The predicted molar refractivity (Wildman–Crippen MR) is 132 cm³/mol.